The summed E-state index contributed by atoms with van der Waals surface area (Å²) < 4.78 is 38.0. The average Bonchev–Trinajstić information content (AvgIpc) is 3.24. The fourth-order valence-corrected chi connectivity index (χ4v) is 7.50. The number of halogens is 1. The van der Waals surface area contributed by atoms with Gasteiger partial charge in [0, 0.05) is 24.8 Å². The van der Waals surface area contributed by atoms with Gasteiger partial charge in [-0.1, -0.05) is 30.3 Å². The molecule has 0 bridgehead atoms. The number of esters is 1. The van der Waals surface area contributed by atoms with Gasteiger partial charge in [0.15, 0.2) is 17.2 Å². The average molecular weight is 610 g/mol. The standard InChI is InChI=1S/C25H25BrN2O7S2/c1-34-25(31)24-22(35-15-20(29)30)21(26)23(36-24)16-6-5-7-18(14-16)27-17-10-12-28(13-11-17)37(32,33)19-8-3-2-4-9-19/h2-9,14,17,27H,10-13,15H2,1H3,(H,29,30). The molecule has 1 saturated heterocycles. The van der Waals surface area contributed by atoms with E-state index < -0.39 is 28.6 Å². The third kappa shape index (κ3) is 6.15. The highest BCUT2D eigenvalue weighted by Crippen LogP contribution is 2.46. The third-order valence-corrected chi connectivity index (χ3v) is 9.98. The van der Waals surface area contributed by atoms with Crippen LogP contribution in [0.25, 0.3) is 10.4 Å². The van der Waals surface area contributed by atoms with E-state index >= 15 is 0 Å². The SMILES string of the molecule is COC(=O)c1sc(-c2cccc(NC3CCN(S(=O)(=O)c4ccccc4)CC3)c2)c(Br)c1OCC(=O)O. The Kier molecular flexibility index (Phi) is 8.53. The van der Waals surface area contributed by atoms with Crippen LogP contribution in [-0.4, -0.2) is 62.6 Å². The number of hydrogen-bond donors (Lipinski definition) is 2. The number of benzene rings is 2. The van der Waals surface area contributed by atoms with Crippen molar-refractivity contribution in [1.82, 2.24) is 4.31 Å². The molecule has 1 fully saturated rings. The lowest BCUT2D eigenvalue weighted by atomic mass is 10.1. The van der Waals surface area contributed by atoms with Crippen molar-refractivity contribution in [2.45, 2.75) is 23.8 Å². The molecule has 0 atom stereocenters. The number of carboxylic acids is 1. The van der Waals surface area contributed by atoms with Crippen molar-refractivity contribution < 1.29 is 32.6 Å². The van der Waals surface area contributed by atoms with E-state index in [-0.39, 0.29) is 16.7 Å². The topological polar surface area (TPSA) is 122 Å². The summed E-state index contributed by atoms with van der Waals surface area (Å²) in [4.78, 5) is 24.4. The highest BCUT2D eigenvalue weighted by molar-refractivity contribution is 9.10. The van der Waals surface area contributed by atoms with E-state index in [2.05, 4.69) is 21.2 Å². The predicted octanol–water partition coefficient (Wildman–Crippen LogP) is 4.69. The van der Waals surface area contributed by atoms with E-state index in [0.717, 1.165) is 22.6 Å². The number of carbonyl (C=O) groups is 2. The van der Waals surface area contributed by atoms with Crippen LogP contribution in [0.4, 0.5) is 5.69 Å². The van der Waals surface area contributed by atoms with Crippen molar-refractivity contribution in [3.8, 4) is 16.2 Å². The number of ether oxygens (including phenoxy) is 2. The number of nitrogens with one attached hydrogen (secondary N) is 1. The Morgan fingerprint density at radius 2 is 1.84 bits per heavy atom. The molecule has 9 nitrogen and oxygen atoms in total. The molecule has 0 aliphatic carbocycles. The molecule has 196 valence electrons. The second kappa shape index (κ2) is 11.6. The smallest absolute Gasteiger partial charge is 0.351 e. The number of rotatable bonds is 9. The minimum absolute atomic E-state index is 0.0874. The number of aliphatic carboxylic acids is 1. The molecule has 2 N–H and O–H groups in total. The highest BCUT2D eigenvalue weighted by Gasteiger charge is 2.29. The molecule has 0 radical (unpaired) electrons. The van der Waals surface area contributed by atoms with Crippen LogP contribution in [0.3, 0.4) is 0 Å². The van der Waals surface area contributed by atoms with Crippen LogP contribution in [-0.2, 0) is 19.6 Å². The van der Waals surface area contributed by atoms with Crippen LogP contribution in [0.1, 0.15) is 22.5 Å². The van der Waals surface area contributed by atoms with Gasteiger partial charge < -0.3 is 19.9 Å². The Morgan fingerprint density at radius 3 is 2.49 bits per heavy atom. The summed E-state index contributed by atoms with van der Waals surface area (Å²) in [5, 5.41) is 12.5. The Labute approximate surface area is 227 Å². The molecular formula is C25H25BrN2O7S2. The number of sulfonamides is 1. The van der Waals surface area contributed by atoms with E-state index in [1.54, 1.807) is 30.3 Å². The molecule has 1 aliphatic rings. The van der Waals surface area contributed by atoms with Gasteiger partial charge in [-0.25, -0.2) is 18.0 Å². The molecule has 0 spiro atoms. The number of anilines is 1. The molecule has 2 heterocycles. The lowest BCUT2D eigenvalue weighted by molar-refractivity contribution is -0.139. The lowest BCUT2D eigenvalue weighted by Crippen LogP contribution is -2.42. The maximum atomic E-state index is 12.9. The highest BCUT2D eigenvalue weighted by atomic mass is 79.9. The summed E-state index contributed by atoms with van der Waals surface area (Å²) in [7, 11) is -2.26. The second-order valence-electron chi connectivity index (χ2n) is 8.29. The van der Waals surface area contributed by atoms with Gasteiger partial charge in [0.25, 0.3) is 0 Å². The van der Waals surface area contributed by atoms with Crippen molar-refractivity contribution >= 4 is 54.9 Å². The first-order valence-corrected chi connectivity index (χ1v) is 14.4. The molecule has 37 heavy (non-hydrogen) atoms. The summed E-state index contributed by atoms with van der Waals surface area (Å²) in [6, 6.07) is 16.1. The summed E-state index contributed by atoms with van der Waals surface area (Å²) in [6.45, 7) is 0.231. The summed E-state index contributed by atoms with van der Waals surface area (Å²) >= 11 is 4.59. The first-order valence-electron chi connectivity index (χ1n) is 11.4. The van der Waals surface area contributed by atoms with Gasteiger partial charge in [-0.05, 0) is 58.6 Å². The fourth-order valence-electron chi connectivity index (χ4n) is 4.04. The summed E-state index contributed by atoms with van der Waals surface area (Å²) in [6.07, 6.45) is 1.30. The predicted molar refractivity (Wildman–Crippen MR) is 144 cm³/mol. The molecule has 3 aromatic rings. The van der Waals surface area contributed by atoms with Crippen molar-refractivity contribution in [1.29, 1.82) is 0 Å². The molecule has 0 amide bonds. The molecule has 4 rings (SSSR count). The van der Waals surface area contributed by atoms with Crippen LogP contribution in [0, 0.1) is 0 Å². The second-order valence-corrected chi connectivity index (χ2v) is 12.0. The summed E-state index contributed by atoms with van der Waals surface area (Å²) in [5.74, 6) is -1.66. The van der Waals surface area contributed by atoms with Gasteiger partial charge in [-0.15, -0.1) is 11.3 Å². The first-order chi connectivity index (χ1) is 17.7. The minimum atomic E-state index is -3.51. The number of hydrogen-bond acceptors (Lipinski definition) is 8. The largest absolute Gasteiger partial charge is 0.479 e. The van der Waals surface area contributed by atoms with Gasteiger partial charge in [-0.3, -0.25) is 0 Å². The Hall–Kier alpha value is -2.93. The van der Waals surface area contributed by atoms with Gasteiger partial charge in [-0.2, -0.15) is 4.31 Å². The molecule has 0 saturated carbocycles. The number of thiophene rings is 1. The van der Waals surface area contributed by atoms with Gasteiger partial charge in [0.05, 0.1) is 21.4 Å². The Morgan fingerprint density at radius 1 is 1.14 bits per heavy atom. The van der Waals surface area contributed by atoms with Gasteiger partial charge in [0.1, 0.15) is 0 Å². The number of carboxylic acid groups (broad SMARTS) is 1. The van der Waals surface area contributed by atoms with E-state index in [1.165, 1.54) is 11.4 Å². The molecule has 1 aromatic heterocycles. The van der Waals surface area contributed by atoms with E-state index in [1.807, 2.05) is 24.3 Å². The Bertz CT molecular complexity index is 1390. The van der Waals surface area contributed by atoms with E-state index in [9.17, 15) is 18.0 Å². The molecule has 1 aliphatic heterocycles. The van der Waals surface area contributed by atoms with Crippen LogP contribution < -0.4 is 10.1 Å². The maximum Gasteiger partial charge on any atom is 0.351 e. The quantitative estimate of drug-likeness (QED) is 0.335. The van der Waals surface area contributed by atoms with E-state index in [0.29, 0.717) is 40.2 Å². The first kappa shape index (κ1) is 27.1. The van der Waals surface area contributed by atoms with Crippen LogP contribution >= 0.6 is 27.3 Å². The number of nitrogens with zero attached hydrogens (tertiary/aromatic N) is 1. The minimum Gasteiger partial charge on any atom is -0.479 e. The van der Waals surface area contributed by atoms with E-state index in [4.69, 9.17) is 14.6 Å². The maximum absolute atomic E-state index is 12.9. The van der Waals surface area contributed by atoms with Gasteiger partial charge in [0.2, 0.25) is 10.0 Å². The monoisotopic (exact) mass is 608 g/mol. The molecule has 0 unspecified atom stereocenters. The van der Waals surface area contributed by atoms with Crippen molar-refractivity contribution in [2.24, 2.45) is 0 Å². The van der Waals surface area contributed by atoms with Crippen LogP contribution in [0.5, 0.6) is 5.75 Å². The van der Waals surface area contributed by atoms with Gasteiger partial charge >= 0.3 is 11.9 Å². The molecule has 2 aromatic carbocycles. The van der Waals surface area contributed by atoms with Crippen molar-refractivity contribution in [3.05, 3.63) is 63.9 Å². The number of piperidine rings is 1. The fraction of sp³-hybridized carbons (Fsp3) is 0.280. The van der Waals surface area contributed by atoms with Crippen LogP contribution in [0.15, 0.2) is 64.0 Å². The third-order valence-electron chi connectivity index (χ3n) is 5.85. The zero-order chi connectivity index (χ0) is 26.6. The Balaban J connectivity index is 1.48. The molecule has 12 heteroatoms. The van der Waals surface area contributed by atoms with Crippen molar-refractivity contribution in [3.63, 3.8) is 0 Å². The van der Waals surface area contributed by atoms with Crippen molar-refractivity contribution in [2.75, 3.05) is 32.1 Å². The molecular weight excluding hydrogens is 584 g/mol. The zero-order valence-corrected chi connectivity index (χ0v) is 23.1. The van der Waals surface area contributed by atoms with Crippen LogP contribution in [0.2, 0.25) is 0 Å². The zero-order valence-electron chi connectivity index (χ0n) is 19.8. The lowest BCUT2D eigenvalue weighted by Gasteiger charge is -2.32. The summed E-state index contributed by atoms with van der Waals surface area (Å²) in [5.41, 5.74) is 1.64. The number of carbonyl (C=O) groups excluding carboxylic acids is 1. The normalized spacial score (nSPS) is 14.8. The number of methoxy groups -OCH3 is 1.